The number of fused-ring (bicyclic) bond motifs is 3. The maximum Gasteiger partial charge on any atom is 0.414 e. The average Bonchev–Trinajstić information content (AvgIpc) is 3.15. The highest BCUT2D eigenvalue weighted by Crippen LogP contribution is 2.36. The van der Waals surface area contributed by atoms with Crippen molar-refractivity contribution in [3.63, 3.8) is 0 Å². The molecule has 0 radical (unpaired) electrons. The van der Waals surface area contributed by atoms with Gasteiger partial charge in [-0.25, -0.2) is 23.4 Å². The molecule has 2 atom stereocenters. The van der Waals surface area contributed by atoms with E-state index < -0.39 is 24.6 Å². The van der Waals surface area contributed by atoms with E-state index in [1.54, 1.807) is 60.9 Å². The zero-order valence-corrected chi connectivity index (χ0v) is 30.1. The molecule has 3 aliphatic heterocycles. The molecule has 3 aliphatic rings. The molecule has 2 N–H and O–H groups in total. The van der Waals surface area contributed by atoms with Gasteiger partial charge in [-0.2, -0.15) is 0 Å². The van der Waals surface area contributed by atoms with Crippen molar-refractivity contribution >= 4 is 41.0 Å². The third kappa shape index (κ3) is 8.92. The first-order valence-corrected chi connectivity index (χ1v) is 17.3. The number of esters is 1. The summed E-state index contributed by atoms with van der Waals surface area (Å²) < 4.78 is 50.2. The van der Waals surface area contributed by atoms with E-state index in [0.29, 0.717) is 44.8 Å². The van der Waals surface area contributed by atoms with Gasteiger partial charge < -0.3 is 24.4 Å². The molecule has 4 aromatic rings. The summed E-state index contributed by atoms with van der Waals surface area (Å²) in [4.78, 5) is 33.8. The lowest BCUT2D eigenvalue weighted by molar-refractivity contribution is -0.377. The number of amides is 1. The van der Waals surface area contributed by atoms with Gasteiger partial charge in [0.25, 0.3) is 6.43 Å². The summed E-state index contributed by atoms with van der Waals surface area (Å²) in [5.41, 5.74) is 2.20. The summed E-state index contributed by atoms with van der Waals surface area (Å²) in [6, 6.07) is 17.5. The van der Waals surface area contributed by atoms with Crippen molar-refractivity contribution in [3.8, 4) is 11.5 Å². The van der Waals surface area contributed by atoms with E-state index in [9.17, 15) is 18.4 Å². The number of aromatic amines is 1. The number of ether oxygens (including phenoxy) is 4. The van der Waals surface area contributed by atoms with Crippen LogP contribution in [0.4, 0.5) is 19.3 Å². The van der Waals surface area contributed by atoms with Crippen molar-refractivity contribution < 1.29 is 47.8 Å². The fourth-order valence-electron chi connectivity index (χ4n) is 6.59. The number of aromatic nitrogens is 1. The second-order valence-electron chi connectivity index (χ2n) is 12.6. The highest BCUT2D eigenvalue weighted by molar-refractivity contribution is 6.35. The highest BCUT2D eigenvalue weighted by atomic mass is 35.5. The number of benzene rings is 3. The molecule has 3 saturated heterocycles. The number of halogens is 4. The van der Waals surface area contributed by atoms with Crippen LogP contribution in [0.3, 0.4) is 0 Å². The zero-order chi connectivity index (χ0) is 36.1. The Labute approximate surface area is 310 Å². The van der Waals surface area contributed by atoms with Crippen molar-refractivity contribution in [2.45, 2.75) is 44.4 Å². The lowest BCUT2D eigenvalue weighted by atomic mass is 9.86. The monoisotopic (exact) mass is 757 g/mol. The number of nitrogens with one attached hydrogen (secondary N) is 1. The second kappa shape index (κ2) is 17.4. The molecule has 4 heterocycles. The van der Waals surface area contributed by atoms with Crippen LogP contribution in [-0.4, -0.2) is 62.4 Å². The van der Waals surface area contributed by atoms with Gasteiger partial charge in [-0.15, -0.1) is 0 Å². The number of rotatable bonds is 12. The predicted octanol–water partition coefficient (Wildman–Crippen LogP) is 7.96. The Morgan fingerprint density at radius 3 is 2.23 bits per heavy atom. The number of methoxy groups -OCH3 is 2. The number of hydrogen-bond donors (Lipinski definition) is 0. The number of hydrogen-bond acceptors (Lipinski definition) is 8. The van der Waals surface area contributed by atoms with E-state index in [2.05, 4.69) is 9.88 Å². The molecule has 52 heavy (non-hydrogen) atoms. The molecule has 14 heteroatoms. The lowest BCUT2D eigenvalue weighted by Gasteiger charge is -2.44. The minimum atomic E-state index is -2.70. The smallest absolute Gasteiger partial charge is 0.414 e. The van der Waals surface area contributed by atoms with E-state index >= 15 is 0 Å². The minimum Gasteiger partial charge on any atom is -0.870 e. The van der Waals surface area contributed by atoms with Crippen molar-refractivity contribution in [1.29, 1.82) is 0 Å². The van der Waals surface area contributed by atoms with Crippen LogP contribution >= 0.6 is 23.2 Å². The van der Waals surface area contributed by atoms with Crippen molar-refractivity contribution in [3.05, 3.63) is 117 Å². The molecule has 276 valence electrons. The van der Waals surface area contributed by atoms with Crippen LogP contribution in [0, 0.1) is 5.92 Å². The summed E-state index contributed by atoms with van der Waals surface area (Å²) in [7, 11) is 3.04. The van der Waals surface area contributed by atoms with Gasteiger partial charge in [0.05, 0.1) is 26.3 Å². The maximum atomic E-state index is 13.7. The summed E-state index contributed by atoms with van der Waals surface area (Å²) in [5.74, 6) is 0.623. The number of anilines is 1. The van der Waals surface area contributed by atoms with Gasteiger partial charge in [-0.05, 0) is 79.4 Å². The number of nitrogens with zero attached hydrogens (tertiary/aromatic N) is 2. The van der Waals surface area contributed by atoms with Crippen LogP contribution in [0.2, 0.25) is 10.0 Å². The van der Waals surface area contributed by atoms with Crippen LogP contribution in [0.25, 0.3) is 0 Å². The molecule has 3 aromatic carbocycles. The molecule has 1 amide bonds. The van der Waals surface area contributed by atoms with Gasteiger partial charge in [0.1, 0.15) is 22.3 Å². The van der Waals surface area contributed by atoms with Gasteiger partial charge >= 0.3 is 12.1 Å². The number of carbonyl (C=O) groups is 2. The first-order valence-electron chi connectivity index (χ1n) is 16.6. The largest absolute Gasteiger partial charge is 0.870 e. The number of alkyl halides is 2. The maximum absolute atomic E-state index is 13.7. The second-order valence-corrected chi connectivity index (χ2v) is 13.4. The highest BCUT2D eigenvalue weighted by Gasteiger charge is 2.37. The summed E-state index contributed by atoms with van der Waals surface area (Å²) in [6.07, 6.45) is 0.857. The van der Waals surface area contributed by atoms with E-state index in [-0.39, 0.29) is 47.3 Å². The quantitative estimate of drug-likeness (QED) is 0.134. The molecular weight excluding hydrogens is 719 g/mol. The van der Waals surface area contributed by atoms with E-state index in [1.165, 1.54) is 37.3 Å². The normalized spacial score (nSPS) is 18.2. The van der Waals surface area contributed by atoms with Gasteiger partial charge in [-0.1, -0.05) is 53.5 Å². The van der Waals surface area contributed by atoms with Crippen LogP contribution in [0.1, 0.15) is 58.0 Å². The molecule has 2 bridgehead atoms. The Kier molecular flexibility index (Phi) is 12.9. The third-order valence-corrected chi connectivity index (χ3v) is 10.1. The topological polar surface area (TPSA) is 122 Å². The fraction of sp³-hybridized carbons (Fsp3) is 0.342. The number of carbonyl (C=O) groups excluding carboxylic acids is 2. The Hall–Kier alpha value is -4.49. The van der Waals surface area contributed by atoms with Crippen molar-refractivity contribution in [1.82, 2.24) is 4.90 Å². The Bertz CT molecular complexity index is 1840. The van der Waals surface area contributed by atoms with Crippen molar-refractivity contribution in [2.75, 3.05) is 38.8 Å². The number of pyridine rings is 1. The minimum absolute atomic E-state index is 0. The Morgan fingerprint density at radius 2 is 1.62 bits per heavy atom. The molecule has 0 aliphatic carbocycles. The van der Waals surface area contributed by atoms with E-state index in [1.807, 2.05) is 0 Å². The molecule has 0 unspecified atom stereocenters. The lowest BCUT2D eigenvalue weighted by Crippen LogP contribution is -2.53. The molecule has 3 fully saturated rings. The van der Waals surface area contributed by atoms with Gasteiger partial charge in [-0.3, -0.25) is 9.80 Å². The molecule has 10 nitrogen and oxygen atoms in total. The van der Waals surface area contributed by atoms with Crippen molar-refractivity contribution in [2.24, 2.45) is 5.92 Å². The van der Waals surface area contributed by atoms with E-state index in [4.69, 9.17) is 42.1 Å². The summed E-state index contributed by atoms with van der Waals surface area (Å²) in [5, 5.41) is 0.757. The third-order valence-electron chi connectivity index (χ3n) is 9.45. The fourth-order valence-corrected chi connectivity index (χ4v) is 7.12. The SMILES string of the molecule is COc1ccc([C@H](Cc2c(Cl)c[nH+]cc2Cl)OC(=O)c2ccc(CN(C(=O)O[C@H]3CN4CCC3CC4)c3cccc(C(F)F)c3)cc2)cc1OC.[OH-]. The molecule has 7 rings (SSSR count). The first-order chi connectivity index (χ1) is 24.6. The molecule has 1 aromatic heterocycles. The summed E-state index contributed by atoms with van der Waals surface area (Å²) >= 11 is 12.9. The zero-order valence-electron chi connectivity index (χ0n) is 28.6. The number of piperidine rings is 3. The predicted molar refractivity (Wildman–Crippen MR) is 190 cm³/mol. The number of H-pyrrole nitrogens is 1. The first kappa shape index (κ1) is 38.7. The van der Waals surface area contributed by atoms with Gasteiger partial charge in [0.2, 0.25) is 0 Å². The Balaban J connectivity index is 0.00000523. The summed E-state index contributed by atoms with van der Waals surface area (Å²) in [6.45, 7) is 2.64. The van der Waals surface area contributed by atoms with E-state index in [0.717, 1.165) is 25.9 Å². The van der Waals surface area contributed by atoms with Crippen LogP contribution in [-0.2, 0) is 22.4 Å². The van der Waals surface area contributed by atoms with Gasteiger partial charge in [0, 0.05) is 29.8 Å². The molecule has 0 spiro atoms. The standard InChI is InChI=1S/C38H37Cl2F2N3O6.H2O/c1-48-32-11-10-26(17-34(32)49-2)33(18-29-30(39)19-43-20-31(29)40)50-37(46)25-8-6-23(7-9-25)21-45(28-5-3-4-27(16-28)36(41)42)38(47)51-35-22-44-14-12-24(35)13-15-44;/h3-11,16-17,19-20,24,33,35-36H,12-15,18,21-22H2,1-2H3;1H2/t33-,35-;/m0./s1. The average molecular weight is 759 g/mol. The Morgan fingerprint density at radius 1 is 0.923 bits per heavy atom. The van der Waals surface area contributed by atoms with Crippen LogP contribution in [0.5, 0.6) is 11.5 Å². The van der Waals surface area contributed by atoms with Gasteiger partial charge in [0.15, 0.2) is 23.9 Å². The van der Waals surface area contributed by atoms with Crippen LogP contribution < -0.4 is 19.4 Å². The molecular formula is C38H39Cl2F2N3O7. The molecule has 0 saturated carbocycles. The van der Waals surface area contributed by atoms with Crippen LogP contribution in [0.15, 0.2) is 79.1 Å².